The molecule has 1 rings (SSSR count). The lowest BCUT2D eigenvalue weighted by Crippen LogP contribution is -2.33. The van der Waals surface area contributed by atoms with E-state index in [0.29, 0.717) is 16.9 Å². The van der Waals surface area contributed by atoms with Crippen LogP contribution in [0.25, 0.3) is 0 Å². The molecule has 0 heterocycles. The average molecular weight is 323 g/mol. The van der Waals surface area contributed by atoms with Gasteiger partial charge in [0.1, 0.15) is 0 Å². The van der Waals surface area contributed by atoms with Crippen LogP contribution in [0.4, 0.5) is 16.2 Å². The third-order valence-electron chi connectivity index (χ3n) is 3.15. The standard InChI is InChI=1S/C15H21N3O5/c1-17(2)12-9-10(14(21)23-4)5-6-11(12)16-15(22)18(3)8-7-13(19)20/h5-6,9H,7-8H2,1-4H3,(H,16,22)(H,19,20). The first kappa shape index (κ1) is 18.3. The number of aliphatic carboxylic acids is 1. The number of rotatable bonds is 6. The minimum atomic E-state index is -0.971. The van der Waals surface area contributed by atoms with Gasteiger partial charge >= 0.3 is 18.0 Å². The second kappa shape index (κ2) is 8.02. The van der Waals surface area contributed by atoms with Crippen LogP contribution in [0.1, 0.15) is 16.8 Å². The van der Waals surface area contributed by atoms with E-state index in [-0.39, 0.29) is 13.0 Å². The van der Waals surface area contributed by atoms with Crippen molar-refractivity contribution in [2.75, 3.05) is 45.0 Å². The molecule has 0 bridgehead atoms. The summed E-state index contributed by atoms with van der Waals surface area (Å²) in [6, 6.07) is 4.33. The number of esters is 1. The molecule has 0 spiro atoms. The molecule has 0 aliphatic rings. The molecule has 0 aliphatic heterocycles. The summed E-state index contributed by atoms with van der Waals surface area (Å²) < 4.78 is 4.68. The van der Waals surface area contributed by atoms with E-state index in [1.807, 2.05) is 0 Å². The summed E-state index contributed by atoms with van der Waals surface area (Å²) in [4.78, 5) is 37.3. The lowest BCUT2D eigenvalue weighted by molar-refractivity contribution is -0.137. The highest BCUT2D eigenvalue weighted by molar-refractivity contribution is 5.96. The van der Waals surface area contributed by atoms with Gasteiger partial charge in [-0.2, -0.15) is 0 Å². The van der Waals surface area contributed by atoms with E-state index in [2.05, 4.69) is 10.1 Å². The summed E-state index contributed by atoms with van der Waals surface area (Å²) in [5.74, 6) is -1.44. The Balaban J connectivity index is 2.92. The Bertz CT molecular complexity index is 601. The number of benzene rings is 1. The molecular formula is C15H21N3O5. The number of hydrogen-bond acceptors (Lipinski definition) is 5. The van der Waals surface area contributed by atoms with E-state index in [1.165, 1.54) is 19.1 Å². The van der Waals surface area contributed by atoms with Gasteiger partial charge in [-0.05, 0) is 18.2 Å². The zero-order chi connectivity index (χ0) is 17.6. The summed E-state index contributed by atoms with van der Waals surface area (Å²) in [5.41, 5.74) is 1.51. The maximum absolute atomic E-state index is 12.1. The largest absolute Gasteiger partial charge is 0.481 e. The maximum Gasteiger partial charge on any atom is 0.337 e. The highest BCUT2D eigenvalue weighted by Crippen LogP contribution is 2.26. The number of carboxylic acids is 1. The molecule has 0 radical (unpaired) electrons. The number of anilines is 2. The van der Waals surface area contributed by atoms with E-state index < -0.39 is 18.0 Å². The average Bonchev–Trinajstić information content (AvgIpc) is 2.51. The highest BCUT2D eigenvalue weighted by Gasteiger charge is 2.15. The minimum absolute atomic E-state index is 0.0959. The van der Waals surface area contributed by atoms with Gasteiger partial charge in [-0.3, -0.25) is 4.79 Å². The van der Waals surface area contributed by atoms with Crippen molar-refractivity contribution in [3.63, 3.8) is 0 Å². The Hall–Kier alpha value is -2.77. The minimum Gasteiger partial charge on any atom is -0.481 e. The summed E-state index contributed by atoms with van der Waals surface area (Å²) in [7, 11) is 6.36. The van der Waals surface area contributed by atoms with Crippen LogP contribution in [0.3, 0.4) is 0 Å². The van der Waals surface area contributed by atoms with Crippen LogP contribution >= 0.6 is 0 Å². The Morgan fingerprint density at radius 2 is 1.87 bits per heavy atom. The highest BCUT2D eigenvalue weighted by atomic mass is 16.5. The van der Waals surface area contributed by atoms with Gasteiger partial charge in [-0.15, -0.1) is 0 Å². The number of amides is 2. The van der Waals surface area contributed by atoms with Crippen molar-refractivity contribution in [3.05, 3.63) is 23.8 Å². The van der Waals surface area contributed by atoms with Crippen LogP contribution < -0.4 is 10.2 Å². The van der Waals surface area contributed by atoms with Crippen LogP contribution in [-0.2, 0) is 9.53 Å². The molecule has 8 nitrogen and oxygen atoms in total. The molecule has 0 fully saturated rings. The summed E-state index contributed by atoms with van der Waals surface area (Å²) >= 11 is 0. The quantitative estimate of drug-likeness (QED) is 0.769. The lowest BCUT2D eigenvalue weighted by Gasteiger charge is -2.22. The molecule has 23 heavy (non-hydrogen) atoms. The SMILES string of the molecule is COC(=O)c1ccc(NC(=O)N(C)CCC(=O)O)c(N(C)C)c1. The summed E-state index contributed by atoms with van der Waals surface area (Å²) in [6.45, 7) is 0.0959. The first-order chi connectivity index (χ1) is 10.8. The number of nitrogens with one attached hydrogen (secondary N) is 1. The topological polar surface area (TPSA) is 99.2 Å². The fourth-order valence-corrected chi connectivity index (χ4v) is 1.83. The van der Waals surface area contributed by atoms with Crippen molar-refractivity contribution in [3.8, 4) is 0 Å². The number of carbonyl (C=O) groups is 3. The predicted molar refractivity (Wildman–Crippen MR) is 86.0 cm³/mol. The Morgan fingerprint density at radius 3 is 2.39 bits per heavy atom. The smallest absolute Gasteiger partial charge is 0.337 e. The fraction of sp³-hybridized carbons (Fsp3) is 0.400. The first-order valence-electron chi connectivity index (χ1n) is 6.90. The predicted octanol–water partition coefficient (Wildman–Crippen LogP) is 1.48. The van der Waals surface area contributed by atoms with Gasteiger partial charge in [0, 0.05) is 27.7 Å². The van der Waals surface area contributed by atoms with Crippen LogP contribution in [0.15, 0.2) is 18.2 Å². The third-order valence-corrected chi connectivity index (χ3v) is 3.15. The first-order valence-corrected chi connectivity index (χ1v) is 6.90. The zero-order valence-electron chi connectivity index (χ0n) is 13.6. The van der Waals surface area contributed by atoms with Gasteiger partial charge in [-0.1, -0.05) is 0 Å². The van der Waals surface area contributed by atoms with Crippen molar-refractivity contribution < 1.29 is 24.2 Å². The van der Waals surface area contributed by atoms with Crippen molar-refractivity contribution in [1.29, 1.82) is 0 Å². The van der Waals surface area contributed by atoms with Gasteiger partial charge < -0.3 is 25.0 Å². The van der Waals surface area contributed by atoms with Crippen LogP contribution in [0.2, 0.25) is 0 Å². The van der Waals surface area contributed by atoms with Crippen LogP contribution in [-0.4, -0.2) is 62.8 Å². The van der Waals surface area contributed by atoms with Gasteiger partial charge in [0.15, 0.2) is 0 Å². The Morgan fingerprint density at radius 1 is 1.22 bits per heavy atom. The van der Waals surface area contributed by atoms with Gasteiger partial charge in [0.05, 0.1) is 30.5 Å². The third kappa shape index (κ3) is 5.17. The lowest BCUT2D eigenvalue weighted by atomic mass is 10.1. The van der Waals surface area contributed by atoms with Gasteiger partial charge in [-0.25, -0.2) is 9.59 Å². The van der Waals surface area contributed by atoms with Crippen molar-refractivity contribution >= 4 is 29.3 Å². The molecule has 0 saturated heterocycles. The second-order valence-electron chi connectivity index (χ2n) is 5.11. The van der Waals surface area contributed by atoms with E-state index >= 15 is 0 Å². The molecule has 0 unspecified atom stereocenters. The second-order valence-corrected chi connectivity index (χ2v) is 5.11. The number of carbonyl (C=O) groups excluding carboxylic acids is 2. The van der Waals surface area contributed by atoms with E-state index in [9.17, 15) is 14.4 Å². The molecule has 8 heteroatoms. The molecule has 1 aromatic carbocycles. The fourth-order valence-electron chi connectivity index (χ4n) is 1.83. The zero-order valence-corrected chi connectivity index (χ0v) is 13.6. The molecule has 0 atom stereocenters. The summed E-state index contributed by atoms with van der Waals surface area (Å²) in [6.07, 6.45) is -0.133. The number of methoxy groups -OCH3 is 1. The van der Waals surface area contributed by atoms with Crippen molar-refractivity contribution in [1.82, 2.24) is 4.90 Å². The maximum atomic E-state index is 12.1. The van der Waals surface area contributed by atoms with Gasteiger partial charge in [0.25, 0.3) is 0 Å². The monoisotopic (exact) mass is 323 g/mol. The number of carboxylic acid groups (broad SMARTS) is 1. The number of urea groups is 1. The van der Waals surface area contributed by atoms with E-state index in [4.69, 9.17) is 5.11 Å². The molecule has 126 valence electrons. The van der Waals surface area contributed by atoms with Crippen LogP contribution in [0, 0.1) is 0 Å². The number of hydrogen-bond donors (Lipinski definition) is 2. The normalized spacial score (nSPS) is 9.91. The van der Waals surface area contributed by atoms with Crippen molar-refractivity contribution in [2.24, 2.45) is 0 Å². The molecule has 0 saturated carbocycles. The molecular weight excluding hydrogens is 302 g/mol. The van der Waals surface area contributed by atoms with Crippen LogP contribution in [0.5, 0.6) is 0 Å². The Labute approximate surface area is 134 Å². The van der Waals surface area contributed by atoms with E-state index in [0.717, 1.165) is 0 Å². The summed E-state index contributed by atoms with van der Waals surface area (Å²) in [5, 5.41) is 11.3. The number of nitrogens with zero attached hydrogens (tertiary/aromatic N) is 2. The number of ether oxygens (including phenoxy) is 1. The molecule has 0 aromatic heterocycles. The molecule has 2 amide bonds. The van der Waals surface area contributed by atoms with Gasteiger partial charge in [0.2, 0.25) is 0 Å². The van der Waals surface area contributed by atoms with E-state index in [1.54, 1.807) is 37.2 Å². The Kier molecular flexibility index (Phi) is 6.37. The molecule has 2 N–H and O–H groups in total. The van der Waals surface area contributed by atoms with Crippen molar-refractivity contribution in [2.45, 2.75) is 6.42 Å². The molecule has 0 aliphatic carbocycles. The molecule has 1 aromatic rings.